The van der Waals surface area contributed by atoms with Gasteiger partial charge in [-0.15, -0.1) is 0 Å². The van der Waals surface area contributed by atoms with Crippen molar-refractivity contribution in [1.82, 2.24) is 14.9 Å². The first-order valence-electron chi connectivity index (χ1n) is 8.67. The van der Waals surface area contributed by atoms with Crippen molar-refractivity contribution in [3.8, 4) is 5.75 Å². The zero-order valence-electron chi connectivity index (χ0n) is 15.0. The summed E-state index contributed by atoms with van der Waals surface area (Å²) in [6.07, 6.45) is 2.84. The van der Waals surface area contributed by atoms with E-state index in [1.165, 1.54) is 7.11 Å². The molecule has 138 valence electrons. The van der Waals surface area contributed by atoms with Gasteiger partial charge in [-0.3, -0.25) is 4.79 Å². The number of hydrogen-bond donors (Lipinski definition) is 1. The Morgan fingerprint density at radius 3 is 2.92 bits per heavy atom. The maximum absolute atomic E-state index is 12.7. The largest absolute Gasteiger partial charge is 0.493 e. The molecule has 1 amide bonds. The molecule has 0 radical (unpaired) electrons. The van der Waals surface area contributed by atoms with Gasteiger partial charge in [-0.1, -0.05) is 18.2 Å². The number of rotatable bonds is 6. The molecule has 3 rings (SSSR count). The summed E-state index contributed by atoms with van der Waals surface area (Å²) < 4.78 is 10.6. The molecule has 0 bridgehead atoms. The Kier molecular flexibility index (Phi) is 5.55. The molecule has 1 unspecified atom stereocenters. The number of hydrogen-bond acceptors (Lipinski definition) is 5. The maximum atomic E-state index is 12.7. The lowest BCUT2D eigenvalue weighted by Gasteiger charge is -2.33. The molecular weight excluding hydrogens is 334 g/mol. The standard InChI is InChI=1S/C19H23N3O4/c1-13-6-3-4-7-17(13)26-9-5-8-18(23)22-11-15-14(20-12-21-15)10-16(22)19(24)25-2/h3-4,6-7,12,16H,5,8-11H2,1-2H3,(H,20,21). The average Bonchev–Trinajstić information content (AvgIpc) is 3.12. The van der Waals surface area contributed by atoms with Gasteiger partial charge in [-0.05, 0) is 25.0 Å². The van der Waals surface area contributed by atoms with E-state index in [2.05, 4.69) is 9.97 Å². The Balaban J connectivity index is 1.57. The van der Waals surface area contributed by atoms with Crippen molar-refractivity contribution in [2.24, 2.45) is 0 Å². The summed E-state index contributed by atoms with van der Waals surface area (Å²) in [4.78, 5) is 33.6. The third-order valence-corrected chi connectivity index (χ3v) is 4.58. The number of nitrogens with one attached hydrogen (secondary N) is 1. The number of para-hydroxylation sites is 1. The van der Waals surface area contributed by atoms with E-state index in [-0.39, 0.29) is 5.91 Å². The first kappa shape index (κ1) is 18.0. The second-order valence-corrected chi connectivity index (χ2v) is 6.31. The van der Waals surface area contributed by atoms with Crippen molar-refractivity contribution in [3.63, 3.8) is 0 Å². The first-order chi connectivity index (χ1) is 12.6. The fraction of sp³-hybridized carbons (Fsp3) is 0.421. The third kappa shape index (κ3) is 3.87. The number of aromatic nitrogens is 2. The van der Waals surface area contributed by atoms with Gasteiger partial charge in [0.05, 0.1) is 38.0 Å². The molecule has 7 nitrogen and oxygen atoms in total. The summed E-state index contributed by atoms with van der Waals surface area (Å²) in [7, 11) is 1.33. The smallest absolute Gasteiger partial charge is 0.329 e. The number of esters is 1. The molecular formula is C19H23N3O4. The van der Waals surface area contributed by atoms with Gasteiger partial charge in [0, 0.05) is 12.8 Å². The van der Waals surface area contributed by atoms with Crippen molar-refractivity contribution in [3.05, 3.63) is 47.5 Å². The predicted molar refractivity (Wildman–Crippen MR) is 94.6 cm³/mol. The number of carbonyl (C=O) groups excluding carboxylic acids is 2. The number of carbonyl (C=O) groups is 2. The Bertz CT molecular complexity index is 787. The van der Waals surface area contributed by atoms with Crippen molar-refractivity contribution in [2.75, 3.05) is 13.7 Å². The number of benzene rings is 1. The van der Waals surface area contributed by atoms with E-state index in [4.69, 9.17) is 9.47 Å². The Labute approximate surface area is 152 Å². The number of aryl methyl sites for hydroxylation is 1. The van der Waals surface area contributed by atoms with Crippen LogP contribution in [0.1, 0.15) is 29.8 Å². The lowest BCUT2D eigenvalue weighted by Crippen LogP contribution is -2.49. The molecule has 1 aromatic carbocycles. The number of H-pyrrole nitrogens is 1. The Hall–Kier alpha value is -2.83. The highest BCUT2D eigenvalue weighted by Gasteiger charge is 2.36. The van der Waals surface area contributed by atoms with Crippen LogP contribution in [-0.2, 0) is 27.3 Å². The molecule has 2 aromatic rings. The summed E-state index contributed by atoms with van der Waals surface area (Å²) in [5, 5.41) is 0. The summed E-state index contributed by atoms with van der Waals surface area (Å²) in [6.45, 7) is 2.77. The molecule has 1 atom stereocenters. The van der Waals surface area contributed by atoms with Crippen LogP contribution in [0.2, 0.25) is 0 Å². The monoisotopic (exact) mass is 357 g/mol. The predicted octanol–water partition coefficient (Wildman–Crippen LogP) is 2.00. The molecule has 7 heteroatoms. The summed E-state index contributed by atoms with van der Waals surface area (Å²) >= 11 is 0. The van der Waals surface area contributed by atoms with Crippen molar-refractivity contribution >= 4 is 11.9 Å². The van der Waals surface area contributed by atoms with E-state index in [1.807, 2.05) is 31.2 Å². The van der Waals surface area contributed by atoms with Gasteiger partial charge in [-0.25, -0.2) is 9.78 Å². The molecule has 0 fully saturated rings. The minimum Gasteiger partial charge on any atom is -0.493 e. The maximum Gasteiger partial charge on any atom is 0.329 e. The van der Waals surface area contributed by atoms with Crippen LogP contribution in [-0.4, -0.2) is 46.5 Å². The fourth-order valence-corrected chi connectivity index (χ4v) is 3.11. The number of aromatic amines is 1. The number of fused-ring (bicyclic) bond motifs is 1. The van der Waals surface area contributed by atoms with Crippen LogP contribution in [0, 0.1) is 6.92 Å². The van der Waals surface area contributed by atoms with Gasteiger partial charge in [0.25, 0.3) is 0 Å². The van der Waals surface area contributed by atoms with Crippen LogP contribution < -0.4 is 4.74 Å². The van der Waals surface area contributed by atoms with Gasteiger partial charge in [0.1, 0.15) is 11.8 Å². The second kappa shape index (κ2) is 8.03. The molecule has 2 heterocycles. The van der Waals surface area contributed by atoms with E-state index in [0.717, 1.165) is 22.7 Å². The van der Waals surface area contributed by atoms with Crippen LogP contribution in [0.3, 0.4) is 0 Å². The highest BCUT2D eigenvalue weighted by molar-refractivity contribution is 5.85. The zero-order valence-corrected chi connectivity index (χ0v) is 15.0. The minimum absolute atomic E-state index is 0.0889. The molecule has 1 aromatic heterocycles. The van der Waals surface area contributed by atoms with E-state index in [1.54, 1.807) is 11.2 Å². The highest BCUT2D eigenvalue weighted by Crippen LogP contribution is 2.23. The normalized spacial score (nSPS) is 16.1. The molecule has 1 N–H and O–H groups in total. The van der Waals surface area contributed by atoms with Crippen molar-refractivity contribution in [2.45, 2.75) is 38.8 Å². The highest BCUT2D eigenvalue weighted by atomic mass is 16.5. The van der Waals surface area contributed by atoms with Crippen LogP contribution >= 0.6 is 0 Å². The molecule has 1 aliphatic heterocycles. The van der Waals surface area contributed by atoms with Gasteiger partial charge < -0.3 is 19.4 Å². The van der Waals surface area contributed by atoms with Crippen LogP contribution in [0.4, 0.5) is 0 Å². The quantitative estimate of drug-likeness (QED) is 0.631. The first-order valence-corrected chi connectivity index (χ1v) is 8.67. The summed E-state index contributed by atoms with van der Waals surface area (Å²) in [5.74, 6) is 0.324. The lowest BCUT2D eigenvalue weighted by atomic mass is 10.0. The summed E-state index contributed by atoms with van der Waals surface area (Å²) in [5.41, 5.74) is 2.74. The molecule has 0 spiro atoms. The molecule has 0 aliphatic carbocycles. The van der Waals surface area contributed by atoms with Crippen LogP contribution in [0.15, 0.2) is 30.6 Å². The number of methoxy groups -OCH3 is 1. The number of imidazole rings is 1. The SMILES string of the molecule is COC(=O)C1Cc2nc[nH]c2CN1C(=O)CCCOc1ccccc1C. The minimum atomic E-state index is -0.624. The van der Waals surface area contributed by atoms with Gasteiger partial charge >= 0.3 is 5.97 Å². The van der Waals surface area contributed by atoms with Gasteiger partial charge in [-0.2, -0.15) is 0 Å². The number of nitrogens with zero attached hydrogens (tertiary/aromatic N) is 2. The molecule has 0 saturated heterocycles. The van der Waals surface area contributed by atoms with E-state index >= 15 is 0 Å². The third-order valence-electron chi connectivity index (χ3n) is 4.58. The number of ether oxygens (including phenoxy) is 2. The zero-order chi connectivity index (χ0) is 18.5. The van der Waals surface area contributed by atoms with Crippen LogP contribution in [0.25, 0.3) is 0 Å². The topological polar surface area (TPSA) is 84.5 Å². The Morgan fingerprint density at radius 1 is 1.35 bits per heavy atom. The fourth-order valence-electron chi connectivity index (χ4n) is 3.11. The molecule has 1 aliphatic rings. The summed E-state index contributed by atoms with van der Waals surface area (Å²) in [6, 6.07) is 7.15. The molecule has 0 saturated carbocycles. The Morgan fingerprint density at radius 2 is 2.15 bits per heavy atom. The van der Waals surface area contributed by atoms with Gasteiger partial charge in [0.15, 0.2) is 0 Å². The number of amides is 1. The average molecular weight is 357 g/mol. The van der Waals surface area contributed by atoms with Crippen molar-refractivity contribution in [1.29, 1.82) is 0 Å². The van der Waals surface area contributed by atoms with E-state index in [0.29, 0.717) is 32.4 Å². The van der Waals surface area contributed by atoms with Crippen LogP contribution in [0.5, 0.6) is 5.75 Å². The lowest BCUT2D eigenvalue weighted by molar-refractivity contribution is -0.154. The van der Waals surface area contributed by atoms with Gasteiger partial charge in [0.2, 0.25) is 5.91 Å². The molecule has 26 heavy (non-hydrogen) atoms. The van der Waals surface area contributed by atoms with E-state index < -0.39 is 12.0 Å². The van der Waals surface area contributed by atoms with Crippen molar-refractivity contribution < 1.29 is 19.1 Å². The second-order valence-electron chi connectivity index (χ2n) is 6.31. The van der Waals surface area contributed by atoms with E-state index in [9.17, 15) is 9.59 Å².